The summed E-state index contributed by atoms with van der Waals surface area (Å²) in [4.78, 5) is 1.49. The molecular formula is C13H16S. The number of hydrogen-bond acceptors (Lipinski definition) is 1. The van der Waals surface area contributed by atoms with Crippen LogP contribution in [0.4, 0.5) is 0 Å². The van der Waals surface area contributed by atoms with Crippen molar-refractivity contribution in [1.29, 1.82) is 0 Å². The Bertz CT molecular complexity index is 377. The molecule has 0 aliphatic carbocycles. The highest BCUT2D eigenvalue weighted by atomic mass is 32.2. The third-order valence-corrected chi connectivity index (χ3v) is 3.97. The average Bonchev–Trinajstić information content (AvgIpc) is 2.52. The Morgan fingerprint density at radius 3 is 2.93 bits per heavy atom. The van der Waals surface area contributed by atoms with Gasteiger partial charge in [-0.05, 0) is 43.0 Å². The van der Waals surface area contributed by atoms with E-state index in [4.69, 9.17) is 0 Å². The number of benzene rings is 1. The lowest BCUT2D eigenvalue weighted by molar-refractivity contribution is 0.947. The smallest absolute Gasteiger partial charge is 0.0110 e. The lowest BCUT2D eigenvalue weighted by Crippen LogP contribution is -1.94. The van der Waals surface area contributed by atoms with Crippen molar-refractivity contribution in [2.24, 2.45) is 0 Å². The van der Waals surface area contributed by atoms with E-state index >= 15 is 0 Å². The van der Waals surface area contributed by atoms with Gasteiger partial charge in [0, 0.05) is 10.1 Å². The molecular weight excluding hydrogens is 188 g/mol. The highest BCUT2D eigenvalue weighted by Gasteiger charge is 2.20. The molecule has 0 bridgehead atoms. The van der Waals surface area contributed by atoms with Gasteiger partial charge >= 0.3 is 0 Å². The molecule has 0 saturated carbocycles. The van der Waals surface area contributed by atoms with Gasteiger partial charge in [-0.15, -0.1) is 11.8 Å². The van der Waals surface area contributed by atoms with Crippen molar-refractivity contribution in [2.75, 3.05) is 0 Å². The van der Waals surface area contributed by atoms with Gasteiger partial charge in [-0.1, -0.05) is 25.1 Å². The minimum atomic E-state index is 0.754. The van der Waals surface area contributed by atoms with Crippen molar-refractivity contribution in [3.63, 3.8) is 0 Å². The number of allylic oxidation sites excluding steroid dienone is 1. The molecule has 0 spiro atoms. The summed E-state index contributed by atoms with van der Waals surface area (Å²) in [7, 11) is 0. The van der Waals surface area contributed by atoms with Gasteiger partial charge in [0.05, 0.1) is 0 Å². The van der Waals surface area contributed by atoms with Crippen LogP contribution in [0.5, 0.6) is 0 Å². The van der Waals surface area contributed by atoms with Gasteiger partial charge in [0.15, 0.2) is 0 Å². The first kappa shape index (κ1) is 9.85. The maximum atomic E-state index is 2.31. The van der Waals surface area contributed by atoms with Crippen molar-refractivity contribution < 1.29 is 0 Å². The summed E-state index contributed by atoms with van der Waals surface area (Å²) in [5.74, 6) is 0. The molecule has 0 nitrogen and oxygen atoms in total. The predicted octanol–water partition coefficient (Wildman–Crippen LogP) is 4.06. The summed E-state index contributed by atoms with van der Waals surface area (Å²) in [6.07, 6.45) is 5.54. The van der Waals surface area contributed by atoms with Crippen molar-refractivity contribution in [1.82, 2.24) is 0 Å². The zero-order valence-electron chi connectivity index (χ0n) is 9.00. The second kappa shape index (κ2) is 3.82. The molecule has 1 heterocycles. The fraction of sp³-hybridized carbons (Fsp3) is 0.385. The van der Waals surface area contributed by atoms with E-state index in [0.29, 0.717) is 0 Å². The molecule has 0 N–H and O–H groups in total. The third-order valence-electron chi connectivity index (χ3n) is 2.76. The van der Waals surface area contributed by atoms with Crippen LogP contribution in [0.1, 0.15) is 30.5 Å². The van der Waals surface area contributed by atoms with Gasteiger partial charge < -0.3 is 0 Å². The van der Waals surface area contributed by atoms with Crippen molar-refractivity contribution in [3.8, 4) is 0 Å². The molecule has 1 unspecified atom stereocenters. The molecule has 0 radical (unpaired) electrons. The molecule has 2 rings (SSSR count). The van der Waals surface area contributed by atoms with Crippen LogP contribution in [0.15, 0.2) is 23.1 Å². The van der Waals surface area contributed by atoms with E-state index in [-0.39, 0.29) is 0 Å². The first-order chi connectivity index (χ1) is 6.72. The lowest BCUT2D eigenvalue weighted by Gasteiger charge is -2.06. The molecule has 74 valence electrons. The van der Waals surface area contributed by atoms with Gasteiger partial charge in [-0.3, -0.25) is 0 Å². The Hall–Kier alpha value is -0.690. The Morgan fingerprint density at radius 1 is 1.43 bits per heavy atom. The van der Waals surface area contributed by atoms with Crippen molar-refractivity contribution in [2.45, 2.75) is 37.3 Å². The summed E-state index contributed by atoms with van der Waals surface area (Å²) in [6, 6.07) is 4.50. The zero-order valence-corrected chi connectivity index (χ0v) is 9.82. The minimum Gasteiger partial charge on any atom is -0.122 e. The number of fused-ring (bicyclic) bond motifs is 1. The molecule has 0 fully saturated rings. The summed E-state index contributed by atoms with van der Waals surface area (Å²) in [5.41, 5.74) is 4.41. The monoisotopic (exact) mass is 204 g/mol. The molecule has 1 atom stereocenters. The van der Waals surface area contributed by atoms with Crippen LogP contribution in [0.2, 0.25) is 0 Å². The summed E-state index contributed by atoms with van der Waals surface area (Å²) >= 11 is 2.01. The quantitative estimate of drug-likeness (QED) is 0.664. The Labute approximate surface area is 90.4 Å². The first-order valence-electron chi connectivity index (χ1n) is 5.14. The molecule has 1 aromatic rings. The van der Waals surface area contributed by atoms with Gasteiger partial charge in [0.25, 0.3) is 0 Å². The second-order valence-corrected chi connectivity index (χ2v) is 5.37. The molecule has 0 saturated heterocycles. The average molecular weight is 204 g/mol. The van der Waals surface area contributed by atoms with E-state index in [1.165, 1.54) is 22.4 Å². The third kappa shape index (κ3) is 1.61. The number of thioether (sulfide) groups is 1. The topological polar surface area (TPSA) is 0 Å². The zero-order chi connectivity index (χ0) is 10.1. The Kier molecular flexibility index (Phi) is 2.69. The maximum absolute atomic E-state index is 2.31. The van der Waals surface area contributed by atoms with E-state index in [0.717, 1.165) is 5.25 Å². The van der Waals surface area contributed by atoms with E-state index in [2.05, 4.69) is 45.1 Å². The minimum absolute atomic E-state index is 0.754. The molecule has 1 heteroatoms. The highest BCUT2D eigenvalue weighted by molar-refractivity contribution is 8.00. The molecule has 14 heavy (non-hydrogen) atoms. The van der Waals surface area contributed by atoms with Crippen LogP contribution >= 0.6 is 11.8 Å². The highest BCUT2D eigenvalue weighted by Crippen LogP contribution is 2.39. The van der Waals surface area contributed by atoms with E-state index in [1.807, 2.05) is 11.8 Å². The van der Waals surface area contributed by atoms with Gasteiger partial charge in [-0.25, -0.2) is 0 Å². The number of hydrogen-bond donors (Lipinski definition) is 0. The van der Waals surface area contributed by atoms with E-state index in [1.54, 1.807) is 5.56 Å². The Balaban J connectivity index is 2.48. The van der Waals surface area contributed by atoms with Crippen LogP contribution in [-0.2, 0) is 6.42 Å². The van der Waals surface area contributed by atoms with Gasteiger partial charge in [-0.2, -0.15) is 0 Å². The fourth-order valence-electron chi connectivity index (χ4n) is 2.02. The standard InChI is InChI=1S/C13H16S/c1-4-5-11-6-7-13-12(10(11)3)8-9(2)14-13/h4-7,9H,8H2,1-3H3/b5-4-. The lowest BCUT2D eigenvalue weighted by atomic mass is 9.99. The van der Waals surface area contributed by atoms with Gasteiger partial charge in [0.1, 0.15) is 0 Å². The van der Waals surface area contributed by atoms with E-state index in [9.17, 15) is 0 Å². The van der Waals surface area contributed by atoms with Crippen LogP contribution in [0.3, 0.4) is 0 Å². The Morgan fingerprint density at radius 2 is 2.21 bits per heavy atom. The number of rotatable bonds is 1. The second-order valence-electron chi connectivity index (χ2n) is 3.89. The largest absolute Gasteiger partial charge is 0.122 e. The van der Waals surface area contributed by atoms with Crippen LogP contribution in [0.25, 0.3) is 6.08 Å². The van der Waals surface area contributed by atoms with E-state index < -0.39 is 0 Å². The van der Waals surface area contributed by atoms with Crippen LogP contribution in [-0.4, -0.2) is 5.25 Å². The molecule has 1 aliphatic rings. The first-order valence-corrected chi connectivity index (χ1v) is 6.02. The molecule has 1 aliphatic heterocycles. The fourth-order valence-corrected chi connectivity index (χ4v) is 3.23. The maximum Gasteiger partial charge on any atom is 0.0110 e. The van der Waals surface area contributed by atoms with Gasteiger partial charge in [0.2, 0.25) is 0 Å². The summed E-state index contributed by atoms with van der Waals surface area (Å²) in [5, 5.41) is 0.754. The molecule has 0 aromatic heterocycles. The van der Waals surface area contributed by atoms with Crippen LogP contribution < -0.4 is 0 Å². The SMILES string of the molecule is C/C=C\c1ccc2c(c1C)CC(C)S2. The van der Waals surface area contributed by atoms with Crippen molar-refractivity contribution in [3.05, 3.63) is 34.9 Å². The summed E-state index contributed by atoms with van der Waals surface area (Å²) < 4.78 is 0. The molecule has 1 aromatic carbocycles. The van der Waals surface area contributed by atoms with Crippen LogP contribution in [0, 0.1) is 6.92 Å². The summed E-state index contributed by atoms with van der Waals surface area (Å²) in [6.45, 7) is 6.62. The van der Waals surface area contributed by atoms with Crippen molar-refractivity contribution >= 4 is 17.8 Å². The predicted molar refractivity (Wildman–Crippen MR) is 64.9 cm³/mol. The normalized spacial score (nSPS) is 20.4. The molecule has 0 amide bonds.